The second-order valence-electron chi connectivity index (χ2n) is 2.61. The molecule has 0 bridgehead atoms. The Bertz CT molecular complexity index is 105. The lowest BCUT2D eigenvalue weighted by atomic mass is 10.2. The van der Waals surface area contributed by atoms with Crippen molar-refractivity contribution < 1.29 is 13.6 Å². The molecule has 0 N–H and O–H groups in total. The average molecular weight is 151 g/mol. The predicted octanol–water partition coefficient (Wildman–Crippen LogP) is 2.11. The lowest BCUT2D eigenvalue weighted by Crippen LogP contribution is -2.14. The first-order valence-electron chi connectivity index (χ1n) is 2.66. The van der Waals surface area contributed by atoms with Crippen molar-refractivity contribution in [1.82, 2.24) is 0 Å². The van der Waals surface area contributed by atoms with Crippen LogP contribution in [0.4, 0.5) is 0 Å². The van der Waals surface area contributed by atoms with E-state index in [1.807, 2.05) is 20.8 Å². The molecule has 0 saturated carbocycles. The molecule has 0 amide bonds. The summed E-state index contributed by atoms with van der Waals surface area (Å²) in [6.45, 7) is 5.46. The summed E-state index contributed by atoms with van der Waals surface area (Å²) in [5.41, 5.74) is -0.385. The Morgan fingerprint density at radius 2 is 1.78 bits per heavy atom. The third-order valence-electron chi connectivity index (χ3n) is 0.497. The predicted molar refractivity (Wildman–Crippen MR) is 35.5 cm³/mol. The fourth-order valence-corrected chi connectivity index (χ4v) is 0.783. The van der Waals surface area contributed by atoms with E-state index in [1.165, 1.54) is 7.11 Å². The van der Waals surface area contributed by atoms with E-state index in [9.17, 15) is 4.57 Å². The minimum Gasteiger partial charge on any atom is -0.122 e. The zero-order valence-corrected chi connectivity index (χ0v) is 7.07. The second-order valence-corrected chi connectivity index (χ2v) is 3.60. The van der Waals surface area contributed by atoms with Crippen molar-refractivity contribution in [2.45, 2.75) is 26.4 Å². The monoisotopic (exact) mass is 151 g/mol. The Kier molecular flexibility index (Phi) is 3.26. The molecule has 0 aromatic carbocycles. The van der Waals surface area contributed by atoms with Crippen LogP contribution in [0.3, 0.4) is 0 Å². The van der Waals surface area contributed by atoms with Crippen LogP contribution >= 0.6 is 8.25 Å². The van der Waals surface area contributed by atoms with Gasteiger partial charge in [-0.25, -0.2) is 0 Å². The van der Waals surface area contributed by atoms with Gasteiger partial charge in [0.1, 0.15) is 5.60 Å². The Balaban J connectivity index is 3.60. The van der Waals surface area contributed by atoms with Gasteiger partial charge in [0.25, 0.3) is 0 Å². The molecule has 54 valence electrons. The molecule has 0 aromatic heterocycles. The fourth-order valence-electron chi connectivity index (χ4n) is 0.261. The van der Waals surface area contributed by atoms with Crippen LogP contribution in [0.5, 0.6) is 0 Å². The topological polar surface area (TPSA) is 35.5 Å². The van der Waals surface area contributed by atoms with Gasteiger partial charge in [-0.05, 0) is 20.8 Å². The van der Waals surface area contributed by atoms with E-state index in [0.29, 0.717) is 0 Å². The van der Waals surface area contributed by atoms with Gasteiger partial charge in [-0.3, -0.25) is 0 Å². The minimum absolute atomic E-state index is 0.385. The van der Waals surface area contributed by atoms with Crippen LogP contribution < -0.4 is 0 Å². The van der Waals surface area contributed by atoms with Gasteiger partial charge in [-0.2, -0.15) is 0 Å². The van der Waals surface area contributed by atoms with Crippen molar-refractivity contribution in [2.75, 3.05) is 7.11 Å². The SMILES string of the molecule is CO[P+](=O)OC(C)(C)C. The van der Waals surface area contributed by atoms with Gasteiger partial charge in [0, 0.05) is 4.57 Å². The highest BCUT2D eigenvalue weighted by atomic mass is 31.1. The molecule has 0 aliphatic carbocycles. The second kappa shape index (κ2) is 3.25. The smallest absolute Gasteiger partial charge is 0.122 e. The summed E-state index contributed by atoms with van der Waals surface area (Å²) in [4.78, 5) is 0. The summed E-state index contributed by atoms with van der Waals surface area (Å²) in [7, 11) is -0.565. The lowest BCUT2D eigenvalue weighted by Gasteiger charge is -2.06. The molecule has 0 aromatic rings. The van der Waals surface area contributed by atoms with E-state index in [4.69, 9.17) is 4.52 Å². The summed E-state index contributed by atoms with van der Waals surface area (Å²) in [6.07, 6.45) is 0. The summed E-state index contributed by atoms with van der Waals surface area (Å²) in [5, 5.41) is 0. The zero-order chi connectivity index (χ0) is 7.49. The van der Waals surface area contributed by atoms with Gasteiger partial charge in [0.15, 0.2) is 0 Å². The van der Waals surface area contributed by atoms with Crippen LogP contribution in [0.15, 0.2) is 0 Å². The Morgan fingerprint density at radius 3 is 1.89 bits per heavy atom. The van der Waals surface area contributed by atoms with Gasteiger partial charge in [0.05, 0.1) is 7.11 Å². The van der Waals surface area contributed by atoms with E-state index >= 15 is 0 Å². The molecule has 0 saturated heterocycles. The summed E-state index contributed by atoms with van der Waals surface area (Å²) in [5.74, 6) is 0. The van der Waals surface area contributed by atoms with Gasteiger partial charge >= 0.3 is 8.25 Å². The molecule has 0 radical (unpaired) electrons. The van der Waals surface area contributed by atoms with Crippen LogP contribution in [0.1, 0.15) is 20.8 Å². The Hall–Kier alpha value is 0.0200. The normalized spacial score (nSPS) is 13.6. The van der Waals surface area contributed by atoms with Crippen LogP contribution in [0.25, 0.3) is 0 Å². The van der Waals surface area contributed by atoms with Crippen molar-refractivity contribution in [3.8, 4) is 0 Å². The molecule has 4 heteroatoms. The molecule has 0 aliphatic heterocycles. The zero-order valence-electron chi connectivity index (χ0n) is 6.17. The maximum atomic E-state index is 10.5. The third kappa shape index (κ3) is 5.90. The molecule has 0 fully saturated rings. The van der Waals surface area contributed by atoms with Gasteiger partial charge in [-0.15, -0.1) is 9.05 Å². The first-order chi connectivity index (χ1) is 3.95. The summed E-state index contributed by atoms with van der Waals surface area (Å²) < 4.78 is 19.8. The maximum Gasteiger partial charge on any atom is 0.697 e. The van der Waals surface area contributed by atoms with Gasteiger partial charge in [-0.1, -0.05) is 0 Å². The standard InChI is InChI=1S/C5H12O3P/c1-5(2,3)8-9(6)7-4/h1-4H3/q+1. The minimum atomic E-state index is -1.92. The molecule has 9 heavy (non-hydrogen) atoms. The largest absolute Gasteiger partial charge is 0.697 e. The highest BCUT2D eigenvalue weighted by Gasteiger charge is 2.27. The van der Waals surface area contributed by atoms with Crippen molar-refractivity contribution >= 4 is 8.25 Å². The van der Waals surface area contributed by atoms with Crippen LogP contribution in [0, 0.1) is 0 Å². The first-order valence-corrected chi connectivity index (χ1v) is 3.76. The van der Waals surface area contributed by atoms with Crippen molar-refractivity contribution in [3.63, 3.8) is 0 Å². The number of rotatable bonds is 2. The highest BCUT2D eigenvalue weighted by Crippen LogP contribution is 2.29. The molecule has 0 aliphatic rings. The quantitative estimate of drug-likeness (QED) is 0.567. The van der Waals surface area contributed by atoms with Crippen LogP contribution in [0.2, 0.25) is 0 Å². The van der Waals surface area contributed by atoms with E-state index in [1.54, 1.807) is 0 Å². The Labute approximate surface area is 56.3 Å². The van der Waals surface area contributed by atoms with Crippen molar-refractivity contribution in [2.24, 2.45) is 0 Å². The van der Waals surface area contributed by atoms with E-state index in [0.717, 1.165) is 0 Å². The number of hydrogen-bond acceptors (Lipinski definition) is 3. The van der Waals surface area contributed by atoms with Crippen molar-refractivity contribution in [3.05, 3.63) is 0 Å². The molecular formula is C5H12O3P+. The lowest BCUT2D eigenvalue weighted by molar-refractivity contribution is 0.116. The molecule has 0 heterocycles. The van der Waals surface area contributed by atoms with Gasteiger partial charge < -0.3 is 0 Å². The van der Waals surface area contributed by atoms with E-state index in [2.05, 4.69) is 4.52 Å². The molecule has 1 atom stereocenters. The molecule has 0 rings (SSSR count). The summed E-state index contributed by atoms with van der Waals surface area (Å²) in [6, 6.07) is 0. The highest BCUT2D eigenvalue weighted by molar-refractivity contribution is 7.33. The summed E-state index contributed by atoms with van der Waals surface area (Å²) >= 11 is 0. The van der Waals surface area contributed by atoms with Crippen molar-refractivity contribution in [1.29, 1.82) is 0 Å². The van der Waals surface area contributed by atoms with E-state index < -0.39 is 8.25 Å². The maximum absolute atomic E-state index is 10.5. The molecular weight excluding hydrogens is 139 g/mol. The van der Waals surface area contributed by atoms with E-state index in [-0.39, 0.29) is 5.60 Å². The fraction of sp³-hybridized carbons (Fsp3) is 1.00. The third-order valence-corrected chi connectivity index (χ3v) is 1.49. The Morgan fingerprint density at radius 1 is 1.33 bits per heavy atom. The molecule has 0 spiro atoms. The molecule has 3 nitrogen and oxygen atoms in total. The van der Waals surface area contributed by atoms with Gasteiger partial charge in [0.2, 0.25) is 0 Å². The van der Waals surface area contributed by atoms with Crippen LogP contribution in [-0.2, 0) is 13.6 Å². The number of hydrogen-bond donors (Lipinski definition) is 0. The average Bonchev–Trinajstić information content (AvgIpc) is 1.62. The molecule has 1 unspecified atom stereocenters. The first kappa shape index (κ1) is 9.02. The van der Waals surface area contributed by atoms with Crippen LogP contribution in [-0.4, -0.2) is 12.7 Å².